The summed E-state index contributed by atoms with van der Waals surface area (Å²) < 4.78 is 35.9. The van der Waals surface area contributed by atoms with Crippen LogP contribution in [0.5, 0.6) is 0 Å². The second-order valence-corrected chi connectivity index (χ2v) is 18.6. The molecule has 0 spiro atoms. The summed E-state index contributed by atoms with van der Waals surface area (Å²) in [5, 5.41) is 11.5. The van der Waals surface area contributed by atoms with E-state index >= 15 is 0 Å². The number of rotatable bonds is 11. The Labute approximate surface area is 248 Å². The number of aliphatic hydroxyl groups is 1. The fourth-order valence-corrected chi connectivity index (χ4v) is 8.20. The molecule has 39 heavy (non-hydrogen) atoms. The van der Waals surface area contributed by atoms with Crippen LogP contribution in [0.25, 0.3) is 0 Å². The molecule has 0 amide bonds. The Morgan fingerprint density at radius 1 is 0.872 bits per heavy atom. The van der Waals surface area contributed by atoms with E-state index < -0.39 is 14.4 Å². The van der Waals surface area contributed by atoms with Gasteiger partial charge in [-0.2, -0.15) is 8.78 Å². The highest BCUT2D eigenvalue weighted by Crippen LogP contribution is 2.46. The standard InChI is InChI=1S/C30H32Cl2F2O2S2Si/c1-30(2,17-26(35)27-16-22(29(34)38-27)12-20-8-6-10-24(32)14-20)39(3,4)36-18-25-15-21(28(33)37-25)11-19-7-5-9-23(31)13-19/h5-10,13-16,26,35H,11-12,17-18H2,1-4H3. The molecule has 4 aromatic rings. The van der Waals surface area contributed by atoms with Crippen molar-refractivity contribution in [2.45, 2.75) is 64.0 Å². The maximum atomic E-state index is 14.7. The predicted octanol–water partition coefficient (Wildman–Crippen LogP) is 10.2. The molecule has 9 heteroatoms. The van der Waals surface area contributed by atoms with Gasteiger partial charge in [0.2, 0.25) is 0 Å². The minimum Gasteiger partial charge on any atom is -0.412 e. The van der Waals surface area contributed by atoms with Crippen LogP contribution in [-0.2, 0) is 23.9 Å². The first kappa shape index (κ1) is 30.4. The molecular weight excluding hydrogens is 593 g/mol. The molecule has 0 fully saturated rings. The lowest BCUT2D eigenvalue weighted by Gasteiger charge is -2.40. The number of halogens is 4. The third-order valence-corrected chi connectivity index (χ3v) is 14.2. The topological polar surface area (TPSA) is 29.5 Å². The summed E-state index contributed by atoms with van der Waals surface area (Å²) in [6, 6.07) is 18.4. The zero-order chi connectivity index (χ0) is 28.4. The van der Waals surface area contributed by atoms with Gasteiger partial charge in [0.1, 0.15) is 0 Å². The van der Waals surface area contributed by atoms with Crippen LogP contribution in [0.3, 0.4) is 0 Å². The number of thiophene rings is 2. The van der Waals surface area contributed by atoms with Crippen LogP contribution in [0.1, 0.15) is 58.4 Å². The van der Waals surface area contributed by atoms with Crippen LogP contribution < -0.4 is 0 Å². The van der Waals surface area contributed by atoms with Gasteiger partial charge < -0.3 is 9.53 Å². The van der Waals surface area contributed by atoms with E-state index in [9.17, 15) is 13.9 Å². The maximum absolute atomic E-state index is 14.7. The van der Waals surface area contributed by atoms with Gasteiger partial charge >= 0.3 is 0 Å². The Hall–Kier alpha value is -1.58. The molecule has 2 nitrogen and oxygen atoms in total. The number of aliphatic hydroxyl groups excluding tert-OH is 1. The molecule has 0 aliphatic rings. The predicted molar refractivity (Wildman–Crippen MR) is 163 cm³/mol. The van der Waals surface area contributed by atoms with E-state index in [1.54, 1.807) is 18.2 Å². The smallest absolute Gasteiger partial charge is 0.192 e. The van der Waals surface area contributed by atoms with Gasteiger partial charge in [0, 0.05) is 43.8 Å². The lowest BCUT2D eigenvalue weighted by atomic mass is 10.0. The van der Waals surface area contributed by atoms with Crippen LogP contribution in [-0.4, -0.2) is 13.4 Å². The van der Waals surface area contributed by atoms with Gasteiger partial charge in [-0.25, -0.2) is 0 Å². The maximum Gasteiger partial charge on any atom is 0.192 e. The molecule has 2 heterocycles. The van der Waals surface area contributed by atoms with Crippen molar-refractivity contribution in [1.82, 2.24) is 0 Å². The Morgan fingerprint density at radius 3 is 1.97 bits per heavy atom. The van der Waals surface area contributed by atoms with Crippen molar-refractivity contribution in [2.75, 3.05) is 0 Å². The Kier molecular flexibility index (Phi) is 9.75. The van der Waals surface area contributed by atoms with Gasteiger partial charge in [0.15, 0.2) is 18.6 Å². The third kappa shape index (κ3) is 7.79. The molecule has 1 atom stereocenters. The van der Waals surface area contributed by atoms with Crippen LogP contribution in [0.4, 0.5) is 8.78 Å². The number of benzene rings is 2. The van der Waals surface area contributed by atoms with Crippen LogP contribution in [0, 0.1) is 10.3 Å². The van der Waals surface area contributed by atoms with E-state index in [1.165, 1.54) is 0 Å². The largest absolute Gasteiger partial charge is 0.412 e. The van der Waals surface area contributed by atoms with E-state index in [0.717, 1.165) is 38.7 Å². The molecule has 0 saturated heterocycles. The molecule has 0 bridgehead atoms. The molecule has 1 unspecified atom stereocenters. The van der Waals surface area contributed by atoms with Gasteiger partial charge in [-0.1, -0.05) is 61.3 Å². The van der Waals surface area contributed by atoms with Crippen molar-refractivity contribution < 1.29 is 18.3 Å². The Morgan fingerprint density at radius 2 is 1.41 bits per heavy atom. The van der Waals surface area contributed by atoms with Crippen LogP contribution in [0.2, 0.25) is 28.2 Å². The molecule has 0 aliphatic heterocycles. The first-order chi connectivity index (χ1) is 18.3. The molecule has 2 aromatic carbocycles. The normalized spacial score (nSPS) is 13.2. The first-order valence-electron chi connectivity index (χ1n) is 12.7. The summed E-state index contributed by atoms with van der Waals surface area (Å²) in [4.78, 5) is 1.43. The van der Waals surface area contributed by atoms with E-state index in [-0.39, 0.29) is 15.3 Å². The summed E-state index contributed by atoms with van der Waals surface area (Å²) >= 11 is 14.2. The van der Waals surface area contributed by atoms with Crippen LogP contribution >= 0.6 is 45.9 Å². The minimum atomic E-state index is -2.37. The summed E-state index contributed by atoms with van der Waals surface area (Å²) in [6.45, 7) is 8.69. The Bertz CT molecular complexity index is 1430. The first-order valence-corrected chi connectivity index (χ1v) is 18.0. The molecule has 4 rings (SSSR count). The van der Waals surface area contributed by atoms with Crippen molar-refractivity contribution in [3.63, 3.8) is 0 Å². The van der Waals surface area contributed by atoms with Crippen molar-refractivity contribution in [3.8, 4) is 0 Å². The molecular formula is C30H32Cl2F2O2S2Si. The molecule has 0 saturated carbocycles. The van der Waals surface area contributed by atoms with Crippen molar-refractivity contribution in [3.05, 3.63) is 113 Å². The highest BCUT2D eigenvalue weighted by atomic mass is 35.5. The quantitative estimate of drug-likeness (QED) is 0.168. The zero-order valence-electron chi connectivity index (χ0n) is 22.4. The van der Waals surface area contributed by atoms with E-state index in [0.29, 0.717) is 51.9 Å². The fourth-order valence-electron chi connectivity index (χ4n) is 4.37. The molecule has 1 N–H and O–H groups in total. The van der Waals surface area contributed by atoms with Gasteiger partial charge in [0.25, 0.3) is 0 Å². The summed E-state index contributed by atoms with van der Waals surface area (Å²) in [5.41, 5.74) is 3.05. The van der Waals surface area contributed by atoms with Gasteiger partial charge in [-0.3, -0.25) is 0 Å². The average Bonchev–Trinajstić information content (AvgIpc) is 3.39. The zero-order valence-corrected chi connectivity index (χ0v) is 26.5. The van der Waals surface area contributed by atoms with Gasteiger partial charge in [0.05, 0.1) is 12.7 Å². The molecule has 2 aromatic heterocycles. The second kappa shape index (κ2) is 12.5. The van der Waals surface area contributed by atoms with Crippen LogP contribution in [0.15, 0.2) is 60.7 Å². The van der Waals surface area contributed by atoms with Crippen molar-refractivity contribution in [2.24, 2.45) is 0 Å². The molecule has 0 radical (unpaired) electrons. The SMILES string of the molecule is CC(C)(CC(O)c1cc(Cc2cccc(Cl)c2)c(F)s1)[Si](C)(C)OCc1cc(Cc2cccc(Cl)c2)c(F)s1. The highest BCUT2D eigenvalue weighted by molar-refractivity contribution is 7.10. The lowest BCUT2D eigenvalue weighted by molar-refractivity contribution is 0.148. The Balaban J connectivity index is 1.38. The lowest BCUT2D eigenvalue weighted by Crippen LogP contribution is -2.43. The van der Waals surface area contributed by atoms with E-state index in [2.05, 4.69) is 26.9 Å². The van der Waals surface area contributed by atoms with E-state index in [1.807, 2.05) is 42.5 Å². The summed E-state index contributed by atoms with van der Waals surface area (Å²) in [7, 11) is -2.37. The van der Waals surface area contributed by atoms with Gasteiger partial charge in [-0.15, -0.1) is 22.7 Å². The van der Waals surface area contributed by atoms with E-state index in [4.69, 9.17) is 27.6 Å². The number of hydrogen-bond donors (Lipinski definition) is 1. The minimum absolute atomic E-state index is 0.212. The van der Waals surface area contributed by atoms with Crippen molar-refractivity contribution in [1.29, 1.82) is 0 Å². The summed E-state index contributed by atoms with van der Waals surface area (Å²) in [5.74, 6) is 0. The third-order valence-electron chi connectivity index (χ3n) is 7.39. The highest BCUT2D eigenvalue weighted by Gasteiger charge is 2.43. The monoisotopic (exact) mass is 624 g/mol. The van der Waals surface area contributed by atoms with Crippen molar-refractivity contribution >= 4 is 54.2 Å². The fraction of sp³-hybridized carbons (Fsp3) is 0.333. The molecule has 0 aliphatic carbocycles. The number of hydrogen-bond acceptors (Lipinski definition) is 4. The second-order valence-electron chi connectivity index (χ2n) is 11.0. The van der Waals surface area contributed by atoms with Gasteiger partial charge in [-0.05, 0) is 72.1 Å². The molecule has 208 valence electrons. The average molecular weight is 626 g/mol. The summed E-state index contributed by atoms with van der Waals surface area (Å²) in [6.07, 6.45) is 0.505.